The van der Waals surface area contributed by atoms with Gasteiger partial charge >= 0.3 is 5.97 Å². The number of Topliss-reactive ketones (excluding diaryl/α,β-unsaturated/α-hetero) is 1. The highest BCUT2D eigenvalue weighted by Gasteiger charge is 2.12. The van der Waals surface area contributed by atoms with Gasteiger partial charge in [0.1, 0.15) is 0 Å². The third kappa shape index (κ3) is 6.70. The number of methoxy groups -OCH3 is 2. The third-order valence-electron chi connectivity index (χ3n) is 3.90. The fourth-order valence-electron chi connectivity index (χ4n) is 2.43. The lowest BCUT2D eigenvalue weighted by Gasteiger charge is -2.10. The van der Waals surface area contributed by atoms with E-state index in [-0.39, 0.29) is 25.2 Å². The number of nitrogens with one attached hydrogen (secondary N) is 1. The van der Waals surface area contributed by atoms with Gasteiger partial charge in [0.25, 0.3) is 5.91 Å². The summed E-state index contributed by atoms with van der Waals surface area (Å²) in [5.74, 6) is 0.196. The van der Waals surface area contributed by atoms with E-state index in [2.05, 4.69) is 5.32 Å². The Kier molecular flexibility index (Phi) is 8.48. The van der Waals surface area contributed by atoms with Crippen molar-refractivity contribution in [2.45, 2.75) is 19.3 Å². The van der Waals surface area contributed by atoms with Crippen LogP contribution in [0.5, 0.6) is 11.5 Å². The van der Waals surface area contributed by atoms with Gasteiger partial charge in [-0.05, 0) is 35.6 Å². The standard InChI is InChI=1S/C20H23NO6S/c1-25-16-7-5-14(12-17(16)26-2)9-10-21-19(23)13-27-20(24)8-6-15(22)18-4-3-11-28-18/h3-5,7,11-12H,6,8-10,13H2,1-2H3,(H,21,23). The van der Waals surface area contributed by atoms with E-state index >= 15 is 0 Å². The smallest absolute Gasteiger partial charge is 0.306 e. The van der Waals surface area contributed by atoms with Crippen LogP contribution in [-0.4, -0.2) is 45.0 Å². The maximum absolute atomic E-state index is 11.8. The molecule has 1 aromatic heterocycles. The van der Waals surface area contributed by atoms with Crippen LogP contribution in [0.2, 0.25) is 0 Å². The molecule has 150 valence electrons. The molecule has 0 saturated heterocycles. The largest absolute Gasteiger partial charge is 0.493 e. The van der Waals surface area contributed by atoms with Crippen LogP contribution in [0.25, 0.3) is 0 Å². The second-order valence-electron chi connectivity index (χ2n) is 5.85. The summed E-state index contributed by atoms with van der Waals surface area (Å²) in [6.07, 6.45) is 0.616. The average Bonchev–Trinajstić information content (AvgIpc) is 3.25. The number of ether oxygens (including phenoxy) is 3. The number of ketones is 1. The Morgan fingerprint density at radius 1 is 1.04 bits per heavy atom. The molecule has 0 unspecified atom stereocenters. The number of rotatable bonds is 11. The van der Waals surface area contributed by atoms with Gasteiger partial charge in [-0.25, -0.2) is 0 Å². The van der Waals surface area contributed by atoms with Crippen LogP contribution in [0.1, 0.15) is 28.1 Å². The Bertz CT molecular complexity index is 803. The van der Waals surface area contributed by atoms with Crippen LogP contribution in [0.15, 0.2) is 35.7 Å². The minimum atomic E-state index is -0.569. The lowest BCUT2D eigenvalue weighted by molar-refractivity contribution is -0.148. The molecule has 0 aliphatic rings. The molecule has 1 amide bonds. The Balaban J connectivity index is 1.64. The van der Waals surface area contributed by atoms with Crippen molar-refractivity contribution in [3.63, 3.8) is 0 Å². The highest BCUT2D eigenvalue weighted by Crippen LogP contribution is 2.27. The van der Waals surface area contributed by atoms with E-state index in [4.69, 9.17) is 14.2 Å². The number of hydrogen-bond donors (Lipinski definition) is 1. The minimum absolute atomic E-state index is 0.0460. The first-order valence-electron chi connectivity index (χ1n) is 8.73. The van der Waals surface area contributed by atoms with Crippen molar-refractivity contribution < 1.29 is 28.6 Å². The van der Waals surface area contributed by atoms with Crippen LogP contribution in [0, 0.1) is 0 Å². The van der Waals surface area contributed by atoms with E-state index in [1.54, 1.807) is 37.8 Å². The van der Waals surface area contributed by atoms with Crippen LogP contribution < -0.4 is 14.8 Å². The van der Waals surface area contributed by atoms with Gasteiger partial charge in [-0.3, -0.25) is 14.4 Å². The van der Waals surface area contributed by atoms with Gasteiger partial charge in [-0.15, -0.1) is 11.3 Å². The third-order valence-corrected chi connectivity index (χ3v) is 4.81. The molecule has 1 N–H and O–H groups in total. The SMILES string of the molecule is COc1ccc(CCNC(=O)COC(=O)CCC(=O)c2cccs2)cc1OC. The first-order valence-corrected chi connectivity index (χ1v) is 9.61. The summed E-state index contributed by atoms with van der Waals surface area (Å²) in [6, 6.07) is 9.02. The van der Waals surface area contributed by atoms with Crippen molar-refractivity contribution >= 4 is 29.0 Å². The molecule has 0 aliphatic carbocycles. The van der Waals surface area contributed by atoms with Gasteiger partial charge in [-0.1, -0.05) is 12.1 Å². The molecule has 0 spiro atoms. The summed E-state index contributed by atoms with van der Waals surface area (Å²) in [4.78, 5) is 35.9. The van der Waals surface area contributed by atoms with Gasteiger partial charge in [0.2, 0.25) is 0 Å². The molecule has 0 bridgehead atoms. The quantitative estimate of drug-likeness (QED) is 0.457. The van der Waals surface area contributed by atoms with Crippen LogP contribution in [0.4, 0.5) is 0 Å². The van der Waals surface area contributed by atoms with Gasteiger partial charge in [0.15, 0.2) is 23.9 Å². The first kappa shape index (κ1) is 21.4. The predicted molar refractivity (Wildman–Crippen MR) is 105 cm³/mol. The number of amides is 1. The average molecular weight is 405 g/mol. The molecule has 0 radical (unpaired) electrons. The van der Waals surface area contributed by atoms with E-state index in [1.165, 1.54) is 11.3 Å². The normalized spacial score (nSPS) is 10.2. The summed E-state index contributed by atoms with van der Waals surface area (Å²) in [7, 11) is 3.13. The number of carbonyl (C=O) groups excluding carboxylic acids is 3. The monoisotopic (exact) mass is 405 g/mol. The highest BCUT2D eigenvalue weighted by molar-refractivity contribution is 7.12. The maximum Gasteiger partial charge on any atom is 0.306 e. The molecule has 2 aromatic rings. The number of hydrogen-bond acceptors (Lipinski definition) is 7. The summed E-state index contributed by atoms with van der Waals surface area (Å²) in [6.45, 7) is 0.0285. The van der Waals surface area contributed by atoms with Crippen molar-refractivity contribution in [1.82, 2.24) is 5.32 Å². The number of thiophene rings is 1. The van der Waals surface area contributed by atoms with E-state index in [0.717, 1.165) is 5.56 Å². The second kappa shape index (κ2) is 11.1. The topological polar surface area (TPSA) is 90.9 Å². The van der Waals surface area contributed by atoms with Gasteiger partial charge in [0, 0.05) is 13.0 Å². The summed E-state index contributed by atoms with van der Waals surface area (Å²) in [5.41, 5.74) is 0.974. The molecule has 8 heteroatoms. The van der Waals surface area contributed by atoms with Gasteiger partial charge < -0.3 is 19.5 Å². The maximum atomic E-state index is 11.8. The fourth-order valence-corrected chi connectivity index (χ4v) is 3.12. The van der Waals surface area contributed by atoms with Crippen LogP contribution in [0.3, 0.4) is 0 Å². The lowest BCUT2D eigenvalue weighted by Crippen LogP contribution is -2.30. The molecular weight excluding hydrogens is 382 g/mol. The Morgan fingerprint density at radius 3 is 2.50 bits per heavy atom. The Labute approximate surface area is 167 Å². The van der Waals surface area contributed by atoms with E-state index < -0.39 is 11.9 Å². The molecule has 0 atom stereocenters. The van der Waals surface area contributed by atoms with Crippen molar-refractivity contribution in [2.24, 2.45) is 0 Å². The highest BCUT2D eigenvalue weighted by atomic mass is 32.1. The van der Waals surface area contributed by atoms with Crippen molar-refractivity contribution in [1.29, 1.82) is 0 Å². The van der Waals surface area contributed by atoms with Gasteiger partial charge in [0.05, 0.1) is 25.5 Å². The first-order chi connectivity index (χ1) is 13.5. The molecule has 0 saturated carbocycles. The Hall–Kier alpha value is -2.87. The molecule has 28 heavy (non-hydrogen) atoms. The summed E-state index contributed by atoms with van der Waals surface area (Å²) >= 11 is 1.33. The summed E-state index contributed by atoms with van der Waals surface area (Å²) in [5, 5.41) is 4.49. The molecular formula is C20H23NO6S. The predicted octanol–water partition coefficient (Wildman–Crippen LogP) is 2.63. The lowest BCUT2D eigenvalue weighted by atomic mass is 10.1. The van der Waals surface area contributed by atoms with Gasteiger partial charge in [-0.2, -0.15) is 0 Å². The number of esters is 1. The molecule has 2 rings (SSSR count). The fraction of sp³-hybridized carbons (Fsp3) is 0.350. The molecule has 7 nitrogen and oxygen atoms in total. The molecule has 1 heterocycles. The second-order valence-corrected chi connectivity index (χ2v) is 6.80. The van der Waals surface area contributed by atoms with E-state index in [9.17, 15) is 14.4 Å². The zero-order valence-electron chi connectivity index (χ0n) is 15.9. The van der Waals surface area contributed by atoms with Crippen molar-refractivity contribution in [3.05, 3.63) is 46.2 Å². The van der Waals surface area contributed by atoms with Crippen LogP contribution in [-0.2, 0) is 20.7 Å². The van der Waals surface area contributed by atoms with Crippen LogP contribution >= 0.6 is 11.3 Å². The summed E-state index contributed by atoms with van der Waals surface area (Å²) < 4.78 is 15.3. The molecule has 0 aliphatic heterocycles. The van der Waals surface area contributed by atoms with Crippen molar-refractivity contribution in [2.75, 3.05) is 27.4 Å². The van der Waals surface area contributed by atoms with E-state index in [1.807, 2.05) is 12.1 Å². The zero-order valence-corrected chi connectivity index (χ0v) is 16.7. The molecule has 0 fully saturated rings. The number of benzene rings is 1. The Morgan fingerprint density at radius 2 is 1.82 bits per heavy atom. The van der Waals surface area contributed by atoms with E-state index in [0.29, 0.717) is 29.3 Å². The zero-order chi connectivity index (χ0) is 20.4. The number of carbonyl (C=O) groups is 3. The van der Waals surface area contributed by atoms with Crippen molar-refractivity contribution in [3.8, 4) is 11.5 Å². The molecule has 1 aromatic carbocycles. The minimum Gasteiger partial charge on any atom is -0.493 e.